The number of rotatable bonds is 9. The third kappa shape index (κ3) is 6.14. The van der Waals surface area contributed by atoms with Crippen LogP contribution in [0.3, 0.4) is 0 Å². The predicted octanol–water partition coefficient (Wildman–Crippen LogP) is 5.21. The van der Waals surface area contributed by atoms with Crippen LogP contribution in [0, 0.1) is 11.6 Å². The first kappa shape index (κ1) is 25.1. The van der Waals surface area contributed by atoms with Gasteiger partial charge in [0.05, 0.1) is 5.56 Å². The summed E-state index contributed by atoms with van der Waals surface area (Å²) >= 11 is 0. The van der Waals surface area contributed by atoms with Crippen LogP contribution in [0.4, 0.5) is 8.78 Å². The van der Waals surface area contributed by atoms with Crippen LogP contribution < -0.4 is 14.8 Å². The lowest BCUT2D eigenvalue weighted by atomic mass is 10.0. The van der Waals surface area contributed by atoms with Gasteiger partial charge in [-0.2, -0.15) is 0 Å². The maximum Gasteiger partial charge on any atom is 0.345 e. The molecule has 6 nitrogen and oxygen atoms in total. The number of carbonyl (C=O) groups is 2. The van der Waals surface area contributed by atoms with Crippen molar-refractivity contribution in [2.45, 2.75) is 25.5 Å². The molecule has 1 atom stereocenters. The van der Waals surface area contributed by atoms with Crippen LogP contribution in [0.15, 0.2) is 73.3 Å². The molecule has 0 bridgehead atoms. The van der Waals surface area contributed by atoms with Crippen molar-refractivity contribution in [1.82, 2.24) is 5.32 Å². The van der Waals surface area contributed by atoms with Crippen LogP contribution >= 0.6 is 0 Å². The average Bonchev–Trinajstić information content (AvgIpc) is 3.44. The van der Waals surface area contributed by atoms with E-state index >= 15 is 0 Å². The fraction of sp³-hybridized carbons (Fsp3) is 0.214. The number of esters is 2. The molecule has 36 heavy (non-hydrogen) atoms. The highest BCUT2D eigenvalue weighted by Gasteiger charge is 2.26. The van der Waals surface area contributed by atoms with Gasteiger partial charge in [0, 0.05) is 11.6 Å². The molecule has 0 spiro atoms. The van der Waals surface area contributed by atoms with Gasteiger partial charge >= 0.3 is 11.9 Å². The Balaban J connectivity index is 1.40. The third-order valence-corrected chi connectivity index (χ3v) is 5.65. The number of carbonyl (C=O) groups excluding carboxylic acids is 2. The summed E-state index contributed by atoms with van der Waals surface area (Å²) in [5.74, 6) is -2.52. The zero-order valence-electron chi connectivity index (χ0n) is 19.5. The SMILES string of the molecule is C=CCOc1cc(F)c(F)cc1-c1ccc(OCc2cccc(C(=O)OC(=O)[C@@H]3CCCN3)c2)cc1. The fourth-order valence-corrected chi connectivity index (χ4v) is 3.81. The molecule has 8 heteroatoms. The lowest BCUT2D eigenvalue weighted by Crippen LogP contribution is -2.33. The second kappa shape index (κ2) is 11.6. The van der Waals surface area contributed by atoms with Gasteiger partial charge in [-0.1, -0.05) is 36.9 Å². The van der Waals surface area contributed by atoms with Crippen molar-refractivity contribution >= 4 is 11.9 Å². The smallest absolute Gasteiger partial charge is 0.345 e. The molecule has 0 unspecified atom stereocenters. The first-order valence-corrected chi connectivity index (χ1v) is 11.5. The first-order valence-electron chi connectivity index (χ1n) is 11.5. The summed E-state index contributed by atoms with van der Waals surface area (Å²) in [6.45, 7) is 4.61. The number of nitrogens with one attached hydrogen (secondary N) is 1. The van der Waals surface area contributed by atoms with Gasteiger partial charge in [-0.3, -0.25) is 0 Å². The standard InChI is InChI=1S/C28H25F2NO5/c1-2-13-34-26-16-24(30)23(29)15-22(26)19-8-10-21(11-9-19)35-17-18-5-3-6-20(14-18)27(32)36-28(33)25-7-4-12-31-25/h2-3,5-6,8-11,14-16,25,31H,1,4,7,12-13,17H2/t25-/m0/s1. The number of hydrogen-bond donors (Lipinski definition) is 1. The van der Waals surface area contributed by atoms with Gasteiger partial charge in [0.25, 0.3) is 0 Å². The molecular weight excluding hydrogens is 468 g/mol. The Labute approximate surface area is 207 Å². The molecule has 1 N–H and O–H groups in total. The maximum absolute atomic E-state index is 13.9. The second-order valence-electron chi connectivity index (χ2n) is 8.23. The summed E-state index contributed by atoms with van der Waals surface area (Å²) < 4.78 is 43.8. The quantitative estimate of drug-likeness (QED) is 0.251. The Hall–Kier alpha value is -4.04. The molecule has 3 aromatic carbocycles. The van der Waals surface area contributed by atoms with Gasteiger partial charge in [0.15, 0.2) is 11.6 Å². The van der Waals surface area contributed by atoms with E-state index in [2.05, 4.69) is 11.9 Å². The fourth-order valence-electron chi connectivity index (χ4n) is 3.81. The van der Waals surface area contributed by atoms with E-state index in [0.29, 0.717) is 28.9 Å². The van der Waals surface area contributed by atoms with Crippen molar-refractivity contribution in [3.05, 3.63) is 96.1 Å². The minimum atomic E-state index is -0.997. The topological polar surface area (TPSA) is 73.9 Å². The molecule has 1 aliphatic heterocycles. The Bertz CT molecular complexity index is 1250. The van der Waals surface area contributed by atoms with E-state index in [-0.39, 0.29) is 24.5 Å². The number of hydrogen-bond acceptors (Lipinski definition) is 6. The zero-order chi connectivity index (χ0) is 25.5. The van der Waals surface area contributed by atoms with Crippen LogP contribution in [-0.2, 0) is 16.1 Å². The minimum Gasteiger partial charge on any atom is -0.489 e. The summed E-state index contributed by atoms with van der Waals surface area (Å²) in [6, 6.07) is 15.1. The molecule has 186 valence electrons. The first-order chi connectivity index (χ1) is 17.4. The Morgan fingerprint density at radius 1 is 1.03 bits per heavy atom. The molecule has 0 aliphatic carbocycles. The van der Waals surface area contributed by atoms with Crippen LogP contribution in [0.1, 0.15) is 28.8 Å². The molecule has 1 fully saturated rings. The molecule has 0 amide bonds. The van der Waals surface area contributed by atoms with Crippen LogP contribution in [0.5, 0.6) is 11.5 Å². The highest BCUT2D eigenvalue weighted by molar-refractivity contribution is 5.98. The summed E-state index contributed by atoms with van der Waals surface area (Å²) in [6.07, 6.45) is 3.03. The minimum absolute atomic E-state index is 0.150. The van der Waals surface area contributed by atoms with E-state index < -0.39 is 29.6 Å². The predicted molar refractivity (Wildman–Crippen MR) is 130 cm³/mol. The summed E-state index contributed by atoms with van der Waals surface area (Å²) in [7, 11) is 0. The number of ether oxygens (including phenoxy) is 3. The van der Waals surface area contributed by atoms with E-state index in [1.807, 2.05) is 0 Å². The van der Waals surface area contributed by atoms with Gasteiger partial charge in [-0.15, -0.1) is 0 Å². The molecule has 0 radical (unpaired) electrons. The molecule has 1 heterocycles. The lowest BCUT2D eigenvalue weighted by Gasteiger charge is -2.12. The van der Waals surface area contributed by atoms with Crippen molar-refractivity contribution in [1.29, 1.82) is 0 Å². The van der Waals surface area contributed by atoms with Crippen molar-refractivity contribution in [2.75, 3.05) is 13.2 Å². The van der Waals surface area contributed by atoms with Crippen molar-refractivity contribution in [3.63, 3.8) is 0 Å². The molecule has 1 aliphatic rings. The van der Waals surface area contributed by atoms with Gasteiger partial charge in [0.2, 0.25) is 0 Å². The van der Waals surface area contributed by atoms with Crippen molar-refractivity contribution < 1.29 is 32.6 Å². The van der Waals surface area contributed by atoms with Gasteiger partial charge in [-0.25, -0.2) is 18.4 Å². The van der Waals surface area contributed by atoms with Gasteiger partial charge in [-0.05, 0) is 60.8 Å². The van der Waals surface area contributed by atoms with Crippen molar-refractivity contribution in [2.24, 2.45) is 0 Å². The molecule has 0 aromatic heterocycles. The van der Waals surface area contributed by atoms with Crippen LogP contribution in [0.25, 0.3) is 11.1 Å². The Morgan fingerprint density at radius 2 is 1.81 bits per heavy atom. The summed E-state index contributed by atoms with van der Waals surface area (Å²) in [5, 5.41) is 3.00. The van der Waals surface area contributed by atoms with E-state index in [1.165, 1.54) is 6.08 Å². The van der Waals surface area contributed by atoms with Crippen LogP contribution in [-0.4, -0.2) is 31.1 Å². The Morgan fingerprint density at radius 3 is 2.53 bits per heavy atom. The largest absolute Gasteiger partial charge is 0.489 e. The monoisotopic (exact) mass is 493 g/mol. The normalized spacial score (nSPS) is 14.8. The third-order valence-electron chi connectivity index (χ3n) is 5.65. The maximum atomic E-state index is 13.9. The number of halogens is 2. The second-order valence-corrected chi connectivity index (χ2v) is 8.23. The Kier molecular flexibility index (Phi) is 8.07. The highest BCUT2D eigenvalue weighted by atomic mass is 19.2. The van der Waals surface area contributed by atoms with E-state index in [1.54, 1.807) is 48.5 Å². The summed E-state index contributed by atoms with van der Waals surface area (Å²) in [4.78, 5) is 24.5. The van der Waals surface area contributed by atoms with E-state index in [4.69, 9.17) is 14.2 Å². The summed E-state index contributed by atoms with van der Waals surface area (Å²) in [5.41, 5.74) is 1.98. The van der Waals surface area contributed by atoms with E-state index in [9.17, 15) is 18.4 Å². The van der Waals surface area contributed by atoms with Crippen molar-refractivity contribution in [3.8, 4) is 22.6 Å². The molecule has 1 saturated heterocycles. The zero-order valence-corrected chi connectivity index (χ0v) is 19.5. The number of benzene rings is 3. The van der Waals surface area contributed by atoms with Gasteiger partial charge in [0.1, 0.15) is 30.8 Å². The molecule has 3 aromatic rings. The molecular formula is C28H25F2NO5. The van der Waals surface area contributed by atoms with Gasteiger partial charge < -0.3 is 19.5 Å². The van der Waals surface area contributed by atoms with Crippen LogP contribution in [0.2, 0.25) is 0 Å². The molecule has 0 saturated carbocycles. The lowest BCUT2D eigenvalue weighted by molar-refractivity contribution is -0.139. The highest BCUT2D eigenvalue weighted by Crippen LogP contribution is 2.33. The van der Waals surface area contributed by atoms with E-state index in [0.717, 1.165) is 25.1 Å². The molecule has 4 rings (SSSR count). The average molecular weight is 494 g/mol.